The highest BCUT2D eigenvalue weighted by Gasteiger charge is 2.21. The summed E-state index contributed by atoms with van der Waals surface area (Å²) in [5, 5.41) is 22.2. The normalized spacial score (nSPS) is 11.6. The van der Waals surface area contributed by atoms with Gasteiger partial charge in [-0.2, -0.15) is 16.4 Å². The van der Waals surface area contributed by atoms with Crippen LogP contribution in [0.15, 0.2) is 57.8 Å². The van der Waals surface area contributed by atoms with Gasteiger partial charge >= 0.3 is 0 Å². The summed E-state index contributed by atoms with van der Waals surface area (Å²) in [5.41, 5.74) is 3.58. The molecule has 3 heterocycles. The average Bonchev–Trinajstić information content (AvgIpc) is 3.32. The van der Waals surface area contributed by atoms with Crippen molar-refractivity contribution >= 4 is 33.2 Å². The van der Waals surface area contributed by atoms with Gasteiger partial charge in [-0.05, 0) is 46.7 Å². The van der Waals surface area contributed by atoms with Crippen LogP contribution in [0.3, 0.4) is 0 Å². The summed E-state index contributed by atoms with van der Waals surface area (Å²) in [6, 6.07) is 10.3. The van der Waals surface area contributed by atoms with Gasteiger partial charge in [0.05, 0.1) is 11.7 Å². The minimum absolute atomic E-state index is 0.126. The Balaban J connectivity index is 1.88. The number of aromatic hydroxyl groups is 1. The molecule has 4 nitrogen and oxygen atoms in total. The molecule has 0 aliphatic carbocycles. The van der Waals surface area contributed by atoms with E-state index in [1.807, 2.05) is 35.0 Å². The Morgan fingerprint density at radius 2 is 2.04 bits per heavy atom. The summed E-state index contributed by atoms with van der Waals surface area (Å²) in [4.78, 5) is 0. The lowest BCUT2D eigenvalue weighted by atomic mass is 10.00. The maximum Gasteiger partial charge on any atom is 0.171 e. The van der Waals surface area contributed by atoms with E-state index in [0.717, 1.165) is 33.7 Å². The Bertz CT molecular complexity index is 1220. The fraction of sp³-hybridized carbons (Fsp3) is 0. The zero-order valence-electron chi connectivity index (χ0n) is 12.8. The SMILES string of the molecule is Oc1cc(F)c2oc(-c3ccc4[nH]ncc4c3)c(-c3ccsc3)c2c1. The maximum absolute atomic E-state index is 14.3. The lowest BCUT2D eigenvalue weighted by molar-refractivity contribution is 0.468. The number of phenols is 1. The largest absolute Gasteiger partial charge is 0.508 e. The minimum Gasteiger partial charge on any atom is -0.508 e. The molecular formula is C19H11FN2O2S. The first kappa shape index (κ1) is 14.2. The zero-order valence-corrected chi connectivity index (χ0v) is 13.6. The van der Waals surface area contributed by atoms with E-state index < -0.39 is 5.82 Å². The van der Waals surface area contributed by atoms with Crippen molar-refractivity contribution in [3.63, 3.8) is 0 Å². The molecule has 0 radical (unpaired) electrons. The van der Waals surface area contributed by atoms with E-state index >= 15 is 0 Å². The summed E-state index contributed by atoms with van der Waals surface area (Å²) in [6.07, 6.45) is 1.73. The first-order valence-electron chi connectivity index (χ1n) is 7.62. The second-order valence-electron chi connectivity index (χ2n) is 5.79. The van der Waals surface area contributed by atoms with Gasteiger partial charge in [0.15, 0.2) is 11.4 Å². The van der Waals surface area contributed by atoms with Crippen LogP contribution >= 0.6 is 11.3 Å². The third-order valence-corrected chi connectivity index (χ3v) is 4.92. The van der Waals surface area contributed by atoms with Crippen LogP contribution in [0.5, 0.6) is 5.75 Å². The lowest BCUT2D eigenvalue weighted by Gasteiger charge is -2.02. The number of fused-ring (bicyclic) bond motifs is 2. The molecule has 2 aromatic carbocycles. The predicted molar refractivity (Wildman–Crippen MR) is 96.2 cm³/mol. The third-order valence-electron chi connectivity index (χ3n) is 4.24. The van der Waals surface area contributed by atoms with Crippen molar-refractivity contribution in [2.24, 2.45) is 0 Å². The molecule has 5 rings (SSSR count). The molecule has 0 bridgehead atoms. The standard InChI is InChI=1S/C19H11FN2O2S/c20-15-7-13(23)6-14-17(11-3-4-25-9-11)18(24-19(14)15)10-1-2-16-12(5-10)8-21-22-16/h1-9,23H,(H,21,22). The summed E-state index contributed by atoms with van der Waals surface area (Å²) in [5.74, 6) is -0.137. The van der Waals surface area contributed by atoms with E-state index in [0.29, 0.717) is 11.1 Å². The summed E-state index contributed by atoms with van der Waals surface area (Å²) in [7, 11) is 0. The summed E-state index contributed by atoms with van der Waals surface area (Å²) < 4.78 is 20.2. The molecule has 0 atom stereocenters. The molecule has 0 aliphatic heterocycles. The first-order valence-corrected chi connectivity index (χ1v) is 8.56. The number of benzene rings is 2. The van der Waals surface area contributed by atoms with Crippen LogP contribution in [-0.2, 0) is 0 Å². The molecule has 0 saturated carbocycles. The molecule has 5 aromatic rings. The van der Waals surface area contributed by atoms with Crippen molar-refractivity contribution in [2.75, 3.05) is 0 Å². The number of hydrogen-bond donors (Lipinski definition) is 2. The van der Waals surface area contributed by atoms with E-state index in [9.17, 15) is 9.50 Å². The maximum atomic E-state index is 14.3. The van der Waals surface area contributed by atoms with Crippen LogP contribution < -0.4 is 0 Å². The van der Waals surface area contributed by atoms with Crippen molar-refractivity contribution in [1.82, 2.24) is 10.2 Å². The van der Waals surface area contributed by atoms with Gasteiger partial charge in [-0.1, -0.05) is 0 Å². The van der Waals surface area contributed by atoms with Crippen molar-refractivity contribution in [3.05, 3.63) is 59.2 Å². The Hall–Kier alpha value is -3.12. The Morgan fingerprint density at radius 1 is 1.12 bits per heavy atom. The van der Waals surface area contributed by atoms with E-state index in [4.69, 9.17) is 4.42 Å². The van der Waals surface area contributed by atoms with Crippen LogP contribution in [0.2, 0.25) is 0 Å². The van der Waals surface area contributed by atoms with Gasteiger partial charge in [0.2, 0.25) is 0 Å². The summed E-state index contributed by atoms with van der Waals surface area (Å²) >= 11 is 1.55. The molecule has 0 unspecified atom stereocenters. The number of phenolic OH excluding ortho intramolecular Hbond substituents is 1. The van der Waals surface area contributed by atoms with Gasteiger partial charge in [0.25, 0.3) is 0 Å². The Kier molecular flexibility index (Phi) is 2.96. The number of nitrogens with zero attached hydrogens (tertiary/aromatic N) is 1. The number of hydrogen-bond acceptors (Lipinski definition) is 4. The predicted octanol–water partition coefficient (Wildman–Crippen LogP) is 5.55. The number of halogens is 1. The van der Waals surface area contributed by atoms with Crippen molar-refractivity contribution in [2.45, 2.75) is 0 Å². The molecule has 0 saturated heterocycles. The monoisotopic (exact) mass is 350 g/mol. The van der Waals surface area contributed by atoms with Crippen LogP contribution in [0.1, 0.15) is 0 Å². The van der Waals surface area contributed by atoms with Gasteiger partial charge < -0.3 is 9.52 Å². The van der Waals surface area contributed by atoms with Gasteiger partial charge in [0.1, 0.15) is 11.5 Å². The molecule has 0 amide bonds. The topological polar surface area (TPSA) is 62.1 Å². The van der Waals surface area contributed by atoms with Gasteiger partial charge in [0, 0.05) is 28.0 Å². The number of nitrogens with one attached hydrogen (secondary N) is 1. The Morgan fingerprint density at radius 3 is 2.88 bits per heavy atom. The number of furan rings is 1. The fourth-order valence-corrected chi connectivity index (χ4v) is 3.77. The summed E-state index contributed by atoms with van der Waals surface area (Å²) in [6.45, 7) is 0. The highest BCUT2D eigenvalue weighted by atomic mass is 32.1. The van der Waals surface area contributed by atoms with Gasteiger partial charge in [-0.15, -0.1) is 0 Å². The van der Waals surface area contributed by atoms with E-state index in [1.165, 1.54) is 6.07 Å². The number of thiophene rings is 1. The highest BCUT2D eigenvalue weighted by molar-refractivity contribution is 7.08. The van der Waals surface area contributed by atoms with Gasteiger partial charge in [-0.3, -0.25) is 5.10 Å². The number of aromatic amines is 1. The zero-order chi connectivity index (χ0) is 17.0. The van der Waals surface area contributed by atoms with Crippen molar-refractivity contribution in [1.29, 1.82) is 0 Å². The lowest BCUT2D eigenvalue weighted by Crippen LogP contribution is -1.80. The van der Waals surface area contributed by atoms with Crippen LogP contribution in [0.4, 0.5) is 4.39 Å². The molecule has 25 heavy (non-hydrogen) atoms. The number of H-pyrrole nitrogens is 1. The smallest absolute Gasteiger partial charge is 0.171 e. The third kappa shape index (κ3) is 2.15. The molecule has 0 fully saturated rings. The second kappa shape index (κ2) is 5.19. The molecule has 0 aliphatic rings. The first-order chi connectivity index (χ1) is 12.2. The van der Waals surface area contributed by atoms with E-state index in [1.54, 1.807) is 17.5 Å². The molecule has 2 N–H and O–H groups in total. The van der Waals surface area contributed by atoms with Gasteiger partial charge in [-0.25, -0.2) is 4.39 Å². The van der Waals surface area contributed by atoms with Crippen molar-refractivity contribution < 1.29 is 13.9 Å². The average molecular weight is 350 g/mol. The number of aromatic nitrogens is 2. The highest BCUT2D eigenvalue weighted by Crippen LogP contribution is 2.43. The number of rotatable bonds is 2. The fourth-order valence-electron chi connectivity index (χ4n) is 3.12. The molecular weight excluding hydrogens is 339 g/mol. The van der Waals surface area contributed by atoms with E-state index in [-0.39, 0.29) is 11.3 Å². The molecule has 0 spiro atoms. The second-order valence-corrected chi connectivity index (χ2v) is 6.57. The molecule has 122 valence electrons. The van der Waals surface area contributed by atoms with Crippen molar-refractivity contribution in [3.8, 4) is 28.2 Å². The van der Waals surface area contributed by atoms with E-state index in [2.05, 4.69) is 10.2 Å². The van der Waals surface area contributed by atoms with Crippen LogP contribution in [0.25, 0.3) is 44.3 Å². The van der Waals surface area contributed by atoms with Crippen LogP contribution in [0, 0.1) is 5.82 Å². The quantitative estimate of drug-likeness (QED) is 0.439. The minimum atomic E-state index is -0.581. The van der Waals surface area contributed by atoms with Crippen LogP contribution in [-0.4, -0.2) is 15.3 Å². The molecule has 3 aromatic heterocycles. The molecule has 6 heteroatoms. The Labute approximate surface area is 145 Å².